The molecular weight excluding hydrogens is 256 g/mol. The van der Waals surface area contributed by atoms with Crippen molar-refractivity contribution < 1.29 is 14.7 Å². The molecule has 1 saturated heterocycles. The topological polar surface area (TPSA) is 60.9 Å². The van der Waals surface area contributed by atoms with Crippen LogP contribution in [0.25, 0.3) is 0 Å². The van der Waals surface area contributed by atoms with Gasteiger partial charge in [0.2, 0.25) is 5.91 Å². The van der Waals surface area contributed by atoms with E-state index >= 15 is 0 Å². The summed E-state index contributed by atoms with van der Waals surface area (Å²) < 4.78 is 0. The average Bonchev–Trinajstić information content (AvgIpc) is 3.31. The van der Waals surface area contributed by atoms with Crippen molar-refractivity contribution in [3.63, 3.8) is 0 Å². The molecule has 1 amide bonds. The van der Waals surface area contributed by atoms with Gasteiger partial charge in [0.15, 0.2) is 0 Å². The Morgan fingerprint density at radius 3 is 2.10 bits per heavy atom. The van der Waals surface area contributed by atoms with E-state index in [9.17, 15) is 9.59 Å². The van der Waals surface area contributed by atoms with E-state index in [0.29, 0.717) is 11.5 Å². The Morgan fingerprint density at radius 1 is 1.00 bits per heavy atom. The van der Waals surface area contributed by atoms with Gasteiger partial charge in [0, 0.05) is 37.8 Å². The lowest BCUT2D eigenvalue weighted by atomic mass is 10.2. The molecular formula is C15H18N2O3. The second-order valence-corrected chi connectivity index (χ2v) is 5.44. The highest BCUT2D eigenvalue weighted by Gasteiger charge is 2.34. The lowest BCUT2D eigenvalue weighted by Gasteiger charge is -2.36. The fourth-order valence-corrected chi connectivity index (χ4v) is 2.59. The molecule has 20 heavy (non-hydrogen) atoms. The summed E-state index contributed by atoms with van der Waals surface area (Å²) in [5.41, 5.74) is 1.32. The van der Waals surface area contributed by atoms with E-state index in [1.807, 2.05) is 17.0 Å². The maximum absolute atomic E-state index is 12.0. The van der Waals surface area contributed by atoms with Gasteiger partial charge in [-0.05, 0) is 37.1 Å². The van der Waals surface area contributed by atoms with Gasteiger partial charge in [0.1, 0.15) is 0 Å². The Kier molecular flexibility index (Phi) is 3.34. The largest absolute Gasteiger partial charge is 0.478 e. The molecule has 0 aromatic heterocycles. The van der Waals surface area contributed by atoms with Crippen LogP contribution >= 0.6 is 0 Å². The fourth-order valence-electron chi connectivity index (χ4n) is 2.59. The number of amides is 1. The Hall–Kier alpha value is -2.04. The summed E-state index contributed by atoms with van der Waals surface area (Å²) in [4.78, 5) is 26.9. The maximum Gasteiger partial charge on any atom is 0.335 e. The van der Waals surface area contributed by atoms with Gasteiger partial charge in [-0.2, -0.15) is 0 Å². The van der Waals surface area contributed by atoms with E-state index in [0.717, 1.165) is 44.7 Å². The van der Waals surface area contributed by atoms with E-state index in [4.69, 9.17) is 5.11 Å². The van der Waals surface area contributed by atoms with Crippen LogP contribution in [-0.2, 0) is 4.79 Å². The van der Waals surface area contributed by atoms with Crippen LogP contribution in [0.1, 0.15) is 23.2 Å². The molecule has 5 heteroatoms. The molecule has 1 aromatic carbocycles. The van der Waals surface area contributed by atoms with Crippen molar-refractivity contribution in [2.24, 2.45) is 5.92 Å². The van der Waals surface area contributed by atoms with Crippen molar-refractivity contribution in [3.8, 4) is 0 Å². The van der Waals surface area contributed by atoms with E-state index in [-0.39, 0.29) is 5.92 Å². The number of hydrogen-bond donors (Lipinski definition) is 1. The first-order chi connectivity index (χ1) is 9.65. The van der Waals surface area contributed by atoms with Gasteiger partial charge in [-0.3, -0.25) is 4.79 Å². The van der Waals surface area contributed by atoms with Gasteiger partial charge in [0.05, 0.1) is 5.56 Å². The van der Waals surface area contributed by atoms with Gasteiger partial charge in [-0.25, -0.2) is 4.79 Å². The van der Waals surface area contributed by atoms with E-state index in [1.54, 1.807) is 12.1 Å². The molecule has 3 rings (SSSR count). The average molecular weight is 274 g/mol. The summed E-state index contributed by atoms with van der Waals surface area (Å²) >= 11 is 0. The molecule has 0 atom stereocenters. The first kappa shape index (κ1) is 13.0. The first-order valence-electron chi connectivity index (χ1n) is 7.02. The number of carbonyl (C=O) groups is 2. The van der Waals surface area contributed by atoms with Crippen LogP contribution in [0.2, 0.25) is 0 Å². The highest BCUT2D eigenvalue weighted by atomic mass is 16.4. The van der Waals surface area contributed by atoms with Crippen LogP contribution in [0, 0.1) is 5.92 Å². The smallest absolute Gasteiger partial charge is 0.335 e. The van der Waals surface area contributed by atoms with Gasteiger partial charge in [-0.15, -0.1) is 0 Å². The molecule has 0 radical (unpaired) electrons. The number of carbonyl (C=O) groups excluding carboxylic acids is 1. The minimum absolute atomic E-state index is 0.288. The third-order valence-corrected chi connectivity index (χ3v) is 4.00. The Bertz CT molecular complexity index is 514. The molecule has 106 valence electrons. The molecule has 1 saturated carbocycles. The summed E-state index contributed by atoms with van der Waals surface area (Å²) in [6.07, 6.45) is 2.10. The highest BCUT2D eigenvalue weighted by Crippen LogP contribution is 2.31. The third-order valence-electron chi connectivity index (χ3n) is 4.00. The summed E-state index contributed by atoms with van der Waals surface area (Å²) in [5, 5.41) is 8.88. The number of piperazine rings is 1. The van der Waals surface area contributed by atoms with Crippen molar-refractivity contribution in [2.45, 2.75) is 12.8 Å². The van der Waals surface area contributed by atoms with Crippen LogP contribution in [0.3, 0.4) is 0 Å². The zero-order chi connectivity index (χ0) is 14.1. The van der Waals surface area contributed by atoms with Crippen molar-refractivity contribution in [1.82, 2.24) is 4.90 Å². The van der Waals surface area contributed by atoms with Crippen molar-refractivity contribution in [1.29, 1.82) is 0 Å². The van der Waals surface area contributed by atoms with Gasteiger partial charge < -0.3 is 14.9 Å². The molecule has 2 fully saturated rings. The quantitative estimate of drug-likeness (QED) is 0.906. The molecule has 2 aliphatic rings. The van der Waals surface area contributed by atoms with Crippen molar-refractivity contribution >= 4 is 17.6 Å². The van der Waals surface area contributed by atoms with E-state index in [1.165, 1.54) is 0 Å². The molecule has 5 nitrogen and oxygen atoms in total. The summed E-state index contributed by atoms with van der Waals surface area (Å²) in [5.74, 6) is -0.307. The predicted octanol–water partition coefficient (Wildman–Crippen LogP) is 1.44. The number of benzene rings is 1. The molecule has 1 aliphatic heterocycles. The van der Waals surface area contributed by atoms with Gasteiger partial charge >= 0.3 is 5.97 Å². The molecule has 0 unspecified atom stereocenters. The van der Waals surface area contributed by atoms with Crippen LogP contribution in [0.5, 0.6) is 0 Å². The molecule has 1 aromatic rings. The minimum atomic E-state index is -0.906. The fraction of sp³-hybridized carbons (Fsp3) is 0.467. The standard InChI is InChI=1S/C15H18N2O3/c18-14(11-1-2-11)17-9-7-16(8-10-17)13-5-3-12(4-6-13)15(19)20/h3-6,11H,1-2,7-10H2,(H,19,20). The lowest BCUT2D eigenvalue weighted by molar-refractivity contribution is -0.132. The molecule has 1 N–H and O–H groups in total. The molecule has 0 spiro atoms. The molecule has 1 aliphatic carbocycles. The van der Waals surface area contributed by atoms with Gasteiger partial charge in [0.25, 0.3) is 0 Å². The Balaban J connectivity index is 1.59. The first-order valence-corrected chi connectivity index (χ1v) is 7.02. The Labute approximate surface area is 117 Å². The number of hydrogen-bond acceptors (Lipinski definition) is 3. The Morgan fingerprint density at radius 2 is 1.60 bits per heavy atom. The maximum atomic E-state index is 12.0. The molecule has 0 bridgehead atoms. The van der Waals surface area contributed by atoms with Crippen molar-refractivity contribution in [3.05, 3.63) is 29.8 Å². The highest BCUT2D eigenvalue weighted by molar-refractivity contribution is 5.88. The SMILES string of the molecule is O=C(O)c1ccc(N2CCN(C(=O)C3CC3)CC2)cc1. The van der Waals surface area contributed by atoms with E-state index in [2.05, 4.69) is 4.90 Å². The number of anilines is 1. The number of nitrogens with zero attached hydrogens (tertiary/aromatic N) is 2. The number of carboxylic acids is 1. The minimum Gasteiger partial charge on any atom is -0.478 e. The van der Waals surface area contributed by atoms with E-state index < -0.39 is 5.97 Å². The monoisotopic (exact) mass is 274 g/mol. The second kappa shape index (κ2) is 5.15. The number of aromatic carboxylic acids is 1. The zero-order valence-corrected chi connectivity index (χ0v) is 11.3. The van der Waals surface area contributed by atoms with Crippen molar-refractivity contribution in [2.75, 3.05) is 31.1 Å². The number of rotatable bonds is 3. The second-order valence-electron chi connectivity index (χ2n) is 5.44. The lowest BCUT2D eigenvalue weighted by Crippen LogP contribution is -2.49. The molecule has 1 heterocycles. The van der Waals surface area contributed by atoms with Crippen LogP contribution in [0.15, 0.2) is 24.3 Å². The van der Waals surface area contributed by atoms with Crippen LogP contribution in [-0.4, -0.2) is 48.1 Å². The zero-order valence-electron chi connectivity index (χ0n) is 11.3. The third kappa shape index (κ3) is 2.61. The van der Waals surface area contributed by atoms with Gasteiger partial charge in [-0.1, -0.05) is 0 Å². The van der Waals surface area contributed by atoms with Crippen LogP contribution in [0.4, 0.5) is 5.69 Å². The normalized spacial score (nSPS) is 19.0. The number of carboxylic acid groups (broad SMARTS) is 1. The summed E-state index contributed by atoms with van der Waals surface area (Å²) in [7, 11) is 0. The predicted molar refractivity (Wildman–Crippen MR) is 74.9 cm³/mol. The summed E-state index contributed by atoms with van der Waals surface area (Å²) in [6.45, 7) is 3.14. The van der Waals surface area contributed by atoms with Crippen LogP contribution < -0.4 is 4.90 Å². The summed E-state index contributed by atoms with van der Waals surface area (Å²) in [6, 6.07) is 6.92.